The second kappa shape index (κ2) is 5.53. The zero-order chi connectivity index (χ0) is 15.6. The monoisotopic (exact) mass is 289 g/mol. The molecule has 0 unspecified atom stereocenters. The summed E-state index contributed by atoms with van der Waals surface area (Å²) >= 11 is 0. The fraction of sp³-hybridized carbons (Fsp3) is 0.154. The molecule has 1 aromatic carbocycles. The van der Waals surface area contributed by atoms with E-state index in [1.165, 1.54) is 18.2 Å². The molecule has 0 bridgehead atoms. The van der Waals surface area contributed by atoms with Crippen LogP contribution in [0.3, 0.4) is 0 Å². The minimum absolute atomic E-state index is 0.0458. The Morgan fingerprint density at radius 3 is 2.38 bits per heavy atom. The Kier molecular flexibility index (Phi) is 3.79. The summed E-state index contributed by atoms with van der Waals surface area (Å²) in [6.45, 7) is 3.35. The van der Waals surface area contributed by atoms with Crippen molar-refractivity contribution in [2.75, 3.05) is 0 Å². The van der Waals surface area contributed by atoms with Gasteiger partial charge in [0.15, 0.2) is 0 Å². The lowest BCUT2D eigenvalue weighted by Crippen LogP contribution is -1.98. The summed E-state index contributed by atoms with van der Waals surface area (Å²) in [7, 11) is 0. The Morgan fingerprint density at radius 1 is 1.10 bits per heavy atom. The zero-order valence-corrected chi connectivity index (χ0v) is 11.3. The summed E-state index contributed by atoms with van der Waals surface area (Å²) in [4.78, 5) is 24.3. The molecule has 0 N–H and O–H groups in total. The number of nitro groups is 2. The summed E-state index contributed by atoms with van der Waals surface area (Å²) in [5.74, 6) is 0.138. The molecule has 0 amide bonds. The Bertz CT molecular complexity index is 730. The van der Waals surface area contributed by atoms with Crippen LogP contribution in [0.2, 0.25) is 0 Å². The maximum Gasteiger partial charge on any atom is 0.311 e. The summed E-state index contributed by atoms with van der Waals surface area (Å²) in [5.41, 5.74) is 0.842. The third-order valence-corrected chi connectivity index (χ3v) is 2.75. The van der Waals surface area contributed by atoms with Gasteiger partial charge in [-0.25, -0.2) is 4.98 Å². The molecule has 8 heteroatoms. The average molecular weight is 289 g/mol. The number of hydrogen-bond donors (Lipinski definition) is 0. The van der Waals surface area contributed by atoms with Crippen LogP contribution in [0.5, 0.6) is 11.6 Å². The molecule has 1 heterocycles. The minimum Gasteiger partial charge on any atom is -0.431 e. The van der Waals surface area contributed by atoms with Crippen LogP contribution in [0, 0.1) is 34.1 Å². The molecule has 1 aromatic heterocycles. The summed E-state index contributed by atoms with van der Waals surface area (Å²) in [6, 6.07) is 5.75. The van der Waals surface area contributed by atoms with Gasteiger partial charge in [0.2, 0.25) is 11.6 Å². The van der Waals surface area contributed by atoms with Crippen molar-refractivity contribution in [1.82, 2.24) is 4.98 Å². The first-order chi connectivity index (χ1) is 9.88. The van der Waals surface area contributed by atoms with Crippen molar-refractivity contribution in [1.29, 1.82) is 0 Å². The van der Waals surface area contributed by atoms with Crippen molar-refractivity contribution >= 4 is 11.4 Å². The Morgan fingerprint density at radius 2 is 1.81 bits per heavy atom. The molecular formula is C13H11N3O5. The molecule has 0 aliphatic rings. The molecule has 2 aromatic rings. The molecule has 21 heavy (non-hydrogen) atoms. The van der Waals surface area contributed by atoms with Crippen LogP contribution in [-0.4, -0.2) is 14.8 Å². The molecule has 0 aliphatic heterocycles. The van der Waals surface area contributed by atoms with Crippen LogP contribution in [0.1, 0.15) is 11.1 Å². The lowest BCUT2D eigenvalue weighted by atomic mass is 10.2. The van der Waals surface area contributed by atoms with Gasteiger partial charge in [-0.2, -0.15) is 0 Å². The number of nitro benzene ring substituents is 1. The molecule has 0 saturated heterocycles. The number of hydrogen-bond acceptors (Lipinski definition) is 6. The van der Waals surface area contributed by atoms with E-state index in [1.807, 2.05) is 0 Å². The van der Waals surface area contributed by atoms with Gasteiger partial charge in [0.25, 0.3) is 5.69 Å². The largest absolute Gasteiger partial charge is 0.431 e. The van der Waals surface area contributed by atoms with E-state index >= 15 is 0 Å². The summed E-state index contributed by atoms with van der Waals surface area (Å²) < 4.78 is 5.44. The van der Waals surface area contributed by atoms with Gasteiger partial charge in [0.05, 0.1) is 9.85 Å². The maximum atomic E-state index is 11.0. The number of benzene rings is 1. The first-order valence-electron chi connectivity index (χ1n) is 5.92. The molecule has 0 saturated carbocycles. The van der Waals surface area contributed by atoms with Gasteiger partial charge in [-0.1, -0.05) is 6.07 Å². The van der Waals surface area contributed by atoms with Gasteiger partial charge in [-0.3, -0.25) is 20.2 Å². The van der Waals surface area contributed by atoms with E-state index < -0.39 is 9.85 Å². The fourth-order valence-corrected chi connectivity index (χ4v) is 1.71. The number of aryl methyl sites for hydroxylation is 2. The highest BCUT2D eigenvalue weighted by Gasteiger charge is 2.18. The normalized spacial score (nSPS) is 10.2. The predicted molar refractivity (Wildman–Crippen MR) is 73.5 cm³/mol. The van der Waals surface area contributed by atoms with Gasteiger partial charge in [0.1, 0.15) is 6.20 Å². The van der Waals surface area contributed by atoms with Crippen molar-refractivity contribution in [3.05, 3.63) is 61.8 Å². The van der Waals surface area contributed by atoms with Crippen molar-refractivity contribution in [3.63, 3.8) is 0 Å². The van der Waals surface area contributed by atoms with Crippen LogP contribution >= 0.6 is 0 Å². The highest BCUT2D eigenvalue weighted by molar-refractivity contribution is 5.50. The first kappa shape index (κ1) is 14.4. The minimum atomic E-state index is -0.571. The number of pyridine rings is 1. The summed E-state index contributed by atoms with van der Waals surface area (Å²) in [5, 5.41) is 21.6. The van der Waals surface area contributed by atoms with Crippen molar-refractivity contribution in [2.24, 2.45) is 0 Å². The quantitative estimate of drug-likeness (QED) is 0.631. The van der Waals surface area contributed by atoms with E-state index in [0.29, 0.717) is 5.56 Å². The van der Waals surface area contributed by atoms with Crippen molar-refractivity contribution < 1.29 is 14.6 Å². The van der Waals surface area contributed by atoms with Crippen LogP contribution < -0.4 is 4.74 Å². The van der Waals surface area contributed by atoms with E-state index in [9.17, 15) is 20.2 Å². The Balaban J connectivity index is 2.40. The van der Waals surface area contributed by atoms with Gasteiger partial charge >= 0.3 is 5.69 Å². The third kappa shape index (κ3) is 3.11. The van der Waals surface area contributed by atoms with E-state index in [1.54, 1.807) is 19.9 Å². The molecule has 8 nitrogen and oxygen atoms in total. The second-order valence-corrected chi connectivity index (χ2v) is 4.40. The molecule has 2 rings (SSSR count). The predicted octanol–water partition coefficient (Wildman–Crippen LogP) is 3.31. The number of ether oxygens (including phenoxy) is 1. The Hall–Kier alpha value is -3.03. The third-order valence-electron chi connectivity index (χ3n) is 2.75. The topological polar surface area (TPSA) is 108 Å². The fourth-order valence-electron chi connectivity index (χ4n) is 1.71. The van der Waals surface area contributed by atoms with E-state index in [0.717, 1.165) is 11.8 Å². The molecule has 0 atom stereocenters. The van der Waals surface area contributed by atoms with Gasteiger partial charge < -0.3 is 4.74 Å². The summed E-state index contributed by atoms with van der Waals surface area (Å²) in [6.07, 6.45) is 1.05. The standard InChI is InChI=1S/C13H11N3O5/c1-8-3-4-11(16(19)20)12(5-8)21-13-9(2)6-10(7-14-13)15(17)18/h3-7H,1-2H3. The van der Waals surface area contributed by atoms with E-state index in [4.69, 9.17) is 4.74 Å². The molecule has 108 valence electrons. The van der Waals surface area contributed by atoms with Crippen LogP contribution in [0.15, 0.2) is 30.5 Å². The molecule has 0 aliphatic carbocycles. The highest BCUT2D eigenvalue weighted by Crippen LogP contribution is 2.33. The molecular weight excluding hydrogens is 278 g/mol. The smallest absolute Gasteiger partial charge is 0.311 e. The first-order valence-corrected chi connectivity index (χ1v) is 5.92. The van der Waals surface area contributed by atoms with E-state index in [2.05, 4.69) is 4.98 Å². The molecule has 0 fully saturated rings. The van der Waals surface area contributed by atoms with E-state index in [-0.39, 0.29) is 23.0 Å². The van der Waals surface area contributed by atoms with Gasteiger partial charge in [-0.15, -0.1) is 0 Å². The SMILES string of the molecule is Cc1ccc([N+](=O)[O-])c(Oc2ncc([N+](=O)[O-])cc2C)c1. The Labute approximate surface area is 119 Å². The molecule has 0 spiro atoms. The average Bonchev–Trinajstić information content (AvgIpc) is 2.40. The van der Waals surface area contributed by atoms with Crippen molar-refractivity contribution in [2.45, 2.75) is 13.8 Å². The molecule has 0 radical (unpaired) electrons. The van der Waals surface area contributed by atoms with Crippen molar-refractivity contribution in [3.8, 4) is 11.6 Å². The lowest BCUT2D eigenvalue weighted by Gasteiger charge is -2.08. The zero-order valence-electron chi connectivity index (χ0n) is 11.3. The number of aromatic nitrogens is 1. The lowest BCUT2D eigenvalue weighted by molar-refractivity contribution is -0.385. The highest BCUT2D eigenvalue weighted by atomic mass is 16.6. The van der Waals surface area contributed by atoms with Crippen LogP contribution in [-0.2, 0) is 0 Å². The number of nitrogens with zero attached hydrogens (tertiary/aromatic N) is 3. The van der Waals surface area contributed by atoms with Gasteiger partial charge in [-0.05, 0) is 25.5 Å². The maximum absolute atomic E-state index is 11.0. The second-order valence-electron chi connectivity index (χ2n) is 4.40. The van der Waals surface area contributed by atoms with Crippen LogP contribution in [0.25, 0.3) is 0 Å². The van der Waals surface area contributed by atoms with Gasteiger partial charge in [0, 0.05) is 17.7 Å². The number of rotatable bonds is 4. The van der Waals surface area contributed by atoms with Crippen LogP contribution in [0.4, 0.5) is 11.4 Å².